The van der Waals surface area contributed by atoms with E-state index in [0.29, 0.717) is 24.7 Å². The zero-order valence-corrected chi connectivity index (χ0v) is 15.7. The fourth-order valence-electron chi connectivity index (χ4n) is 3.19. The van der Waals surface area contributed by atoms with Crippen LogP contribution in [0.25, 0.3) is 0 Å². The largest absolute Gasteiger partial charge is 0.349 e. The van der Waals surface area contributed by atoms with Gasteiger partial charge in [-0.25, -0.2) is 9.67 Å². The summed E-state index contributed by atoms with van der Waals surface area (Å²) in [5.74, 6) is 1.98. The number of aromatic amines is 1. The molecule has 28 heavy (non-hydrogen) atoms. The second-order valence-corrected chi connectivity index (χ2v) is 7.35. The van der Waals surface area contributed by atoms with E-state index in [0.717, 1.165) is 23.5 Å². The topological polar surface area (TPSA) is 115 Å². The first-order valence-corrected chi connectivity index (χ1v) is 9.65. The summed E-state index contributed by atoms with van der Waals surface area (Å²) < 4.78 is 1.66. The molecule has 1 saturated carbocycles. The highest BCUT2D eigenvalue weighted by Gasteiger charge is 2.26. The molecular weight excluding hydrogens is 354 g/mol. The Morgan fingerprint density at radius 3 is 2.82 bits per heavy atom. The van der Waals surface area contributed by atoms with Crippen LogP contribution in [0.4, 0.5) is 0 Å². The van der Waals surface area contributed by atoms with Crippen molar-refractivity contribution in [3.05, 3.63) is 65.5 Å². The van der Waals surface area contributed by atoms with Crippen molar-refractivity contribution in [3.63, 3.8) is 0 Å². The predicted molar refractivity (Wildman–Crippen MR) is 104 cm³/mol. The third-order valence-electron chi connectivity index (χ3n) is 4.87. The molecule has 146 valence electrons. The molecule has 1 aliphatic carbocycles. The average molecular weight is 379 g/mol. The predicted octanol–water partition coefficient (Wildman–Crippen LogP) is 1.51. The van der Waals surface area contributed by atoms with E-state index in [9.17, 15) is 4.79 Å². The molecule has 1 aliphatic rings. The first-order valence-electron chi connectivity index (χ1n) is 9.65. The van der Waals surface area contributed by atoms with Crippen molar-refractivity contribution >= 4 is 5.91 Å². The highest BCUT2D eigenvalue weighted by Crippen LogP contribution is 2.32. The van der Waals surface area contributed by atoms with Gasteiger partial charge in [-0.05, 0) is 36.8 Å². The van der Waals surface area contributed by atoms with Gasteiger partial charge in [0.2, 0.25) is 5.91 Å². The zero-order valence-electron chi connectivity index (χ0n) is 15.7. The summed E-state index contributed by atoms with van der Waals surface area (Å²) in [6, 6.07) is 11.6. The molecule has 2 aromatic heterocycles. The number of carbonyl (C=O) groups excluding carboxylic acids is 1. The van der Waals surface area contributed by atoms with E-state index in [-0.39, 0.29) is 18.5 Å². The lowest BCUT2D eigenvalue weighted by molar-refractivity contribution is -0.122. The lowest BCUT2D eigenvalue weighted by Gasteiger charge is -2.13. The Hall–Kier alpha value is -3.00. The Balaban J connectivity index is 1.45. The van der Waals surface area contributed by atoms with Gasteiger partial charge in [-0.2, -0.15) is 10.2 Å². The van der Waals surface area contributed by atoms with Gasteiger partial charge in [0.05, 0.1) is 18.3 Å². The van der Waals surface area contributed by atoms with Gasteiger partial charge in [0.15, 0.2) is 5.82 Å². The van der Waals surface area contributed by atoms with Crippen LogP contribution < -0.4 is 11.1 Å². The van der Waals surface area contributed by atoms with E-state index in [2.05, 4.69) is 25.6 Å². The van der Waals surface area contributed by atoms with E-state index >= 15 is 0 Å². The van der Waals surface area contributed by atoms with Crippen molar-refractivity contribution in [3.8, 4) is 0 Å². The lowest BCUT2D eigenvalue weighted by Crippen LogP contribution is -2.30. The molecule has 8 nitrogen and oxygen atoms in total. The number of nitrogens with two attached hydrogens (primary N) is 1. The summed E-state index contributed by atoms with van der Waals surface area (Å²) in [6.07, 6.45) is 5.62. The molecule has 0 saturated heterocycles. The van der Waals surface area contributed by atoms with Gasteiger partial charge >= 0.3 is 0 Å². The van der Waals surface area contributed by atoms with Gasteiger partial charge in [-0.3, -0.25) is 9.89 Å². The maximum atomic E-state index is 12.4. The van der Waals surface area contributed by atoms with Crippen LogP contribution in [0.1, 0.15) is 41.8 Å². The van der Waals surface area contributed by atoms with E-state index in [1.54, 1.807) is 10.9 Å². The Morgan fingerprint density at radius 2 is 2.11 bits per heavy atom. The van der Waals surface area contributed by atoms with Crippen molar-refractivity contribution in [2.45, 2.75) is 44.8 Å². The number of amides is 1. The molecule has 0 spiro atoms. The number of nitrogens with zero attached hydrogens (tertiary/aromatic N) is 4. The number of benzene rings is 1. The molecule has 8 heteroatoms. The summed E-state index contributed by atoms with van der Waals surface area (Å²) >= 11 is 0. The minimum Gasteiger partial charge on any atom is -0.349 e. The number of aromatic nitrogens is 5. The maximum absolute atomic E-state index is 12.4. The van der Waals surface area contributed by atoms with Crippen LogP contribution >= 0.6 is 0 Å². The first-order chi connectivity index (χ1) is 13.7. The van der Waals surface area contributed by atoms with Gasteiger partial charge < -0.3 is 11.1 Å². The number of nitrogens with one attached hydrogen (secondary N) is 2. The van der Waals surface area contributed by atoms with Gasteiger partial charge in [0, 0.05) is 12.6 Å². The van der Waals surface area contributed by atoms with Gasteiger partial charge in [0.25, 0.3) is 0 Å². The number of carbonyl (C=O) groups is 1. The second kappa shape index (κ2) is 8.35. The SMILES string of the molecule is N[C@H](Cc1ccccc1)c1nc(CC2CC2)nn1CC(=O)NCc1ccn[nH]1. The molecule has 0 bridgehead atoms. The van der Waals surface area contributed by atoms with Crippen molar-refractivity contribution in [2.75, 3.05) is 0 Å². The number of rotatable bonds is 9. The summed E-state index contributed by atoms with van der Waals surface area (Å²) in [4.78, 5) is 17.1. The molecule has 0 unspecified atom stereocenters. The second-order valence-electron chi connectivity index (χ2n) is 7.35. The zero-order chi connectivity index (χ0) is 19.3. The molecular formula is C20H25N7O. The smallest absolute Gasteiger partial charge is 0.242 e. The summed E-state index contributed by atoms with van der Waals surface area (Å²) in [5, 5.41) is 14.2. The average Bonchev–Trinajstić information content (AvgIpc) is 3.18. The van der Waals surface area contributed by atoms with Crippen LogP contribution in [0.5, 0.6) is 0 Å². The molecule has 3 aromatic rings. The standard InChI is InChI=1S/C20H25N7O/c21-17(10-14-4-2-1-3-5-14)20-24-18(11-15-6-7-15)26-27(20)13-19(28)22-12-16-8-9-23-25-16/h1-5,8-9,15,17H,6-7,10-13,21H2,(H,22,28)(H,23,25)/t17-/m1/s1. The van der Waals surface area contributed by atoms with E-state index in [1.807, 2.05) is 36.4 Å². The minimum absolute atomic E-state index is 0.101. The molecule has 1 amide bonds. The lowest BCUT2D eigenvalue weighted by atomic mass is 10.1. The molecule has 0 radical (unpaired) electrons. The fourth-order valence-corrected chi connectivity index (χ4v) is 3.19. The number of hydrogen-bond donors (Lipinski definition) is 3. The third-order valence-corrected chi connectivity index (χ3v) is 4.87. The highest BCUT2D eigenvalue weighted by molar-refractivity contribution is 5.75. The monoisotopic (exact) mass is 379 g/mol. The van der Waals surface area contributed by atoms with Crippen molar-refractivity contribution < 1.29 is 4.79 Å². The molecule has 1 aromatic carbocycles. The minimum atomic E-state index is -0.316. The van der Waals surface area contributed by atoms with Crippen LogP contribution in [0.3, 0.4) is 0 Å². The van der Waals surface area contributed by atoms with Crippen molar-refractivity contribution in [1.29, 1.82) is 0 Å². The number of hydrogen-bond acceptors (Lipinski definition) is 5. The number of H-pyrrole nitrogens is 1. The van der Waals surface area contributed by atoms with Gasteiger partial charge in [-0.15, -0.1) is 0 Å². The summed E-state index contributed by atoms with van der Waals surface area (Å²) in [7, 11) is 0. The molecule has 1 fully saturated rings. The Bertz CT molecular complexity index is 900. The van der Waals surface area contributed by atoms with E-state index in [1.165, 1.54) is 12.8 Å². The maximum Gasteiger partial charge on any atom is 0.242 e. The van der Waals surface area contributed by atoms with Crippen molar-refractivity contribution in [2.24, 2.45) is 11.7 Å². The normalized spacial score (nSPS) is 14.8. The van der Waals surface area contributed by atoms with Crippen LogP contribution in [-0.2, 0) is 30.7 Å². The van der Waals surface area contributed by atoms with Crippen LogP contribution in [0.15, 0.2) is 42.6 Å². The van der Waals surface area contributed by atoms with E-state index in [4.69, 9.17) is 5.73 Å². The molecule has 0 aliphatic heterocycles. The molecule has 2 heterocycles. The van der Waals surface area contributed by atoms with Gasteiger partial charge in [0.1, 0.15) is 12.4 Å². The molecule has 4 N–H and O–H groups in total. The highest BCUT2D eigenvalue weighted by atomic mass is 16.2. The summed E-state index contributed by atoms with van der Waals surface area (Å²) in [6.45, 7) is 0.498. The van der Waals surface area contributed by atoms with Crippen LogP contribution in [0.2, 0.25) is 0 Å². The summed E-state index contributed by atoms with van der Waals surface area (Å²) in [5.41, 5.74) is 8.43. The first kappa shape index (κ1) is 18.4. The molecule has 4 rings (SSSR count). The quantitative estimate of drug-likeness (QED) is 0.521. The van der Waals surface area contributed by atoms with Crippen molar-refractivity contribution in [1.82, 2.24) is 30.3 Å². The molecule has 1 atom stereocenters. The fraction of sp³-hybridized carbons (Fsp3) is 0.400. The third kappa shape index (κ3) is 4.83. The Kier molecular flexibility index (Phi) is 5.48. The van der Waals surface area contributed by atoms with Crippen LogP contribution in [0, 0.1) is 5.92 Å². The van der Waals surface area contributed by atoms with E-state index < -0.39 is 0 Å². The Morgan fingerprint density at radius 1 is 1.29 bits per heavy atom. The Labute approximate surface area is 163 Å². The van der Waals surface area contributed by atoms with Gasteiger partial charge in [-0.1, -0.05) is 30.3 Å². The van der Waals surface area contributed by atoms with Crippen LogP contribution in [-0.4, -0.2) is 30.9 Å².